The minimum absolute atomic E-state index is 0.0000615. The number of aromatic hydroxyl groups is 1. The monoisotopic (exact) mass is 582 g/mol. The first-order valence-electron chi connectivity index (χ1n) is 14.2. The van der Waals surface area contributed by atoms with E-state index in [1.54, 1.807) is 58.0 Å². The number of benzene rings is 2. The summed E-state index contributed by atoms with van der Waals surface area (Å²) in [6.45, 7) is 9.40. The molecule has 4 atom stereocenters. The zero-order chi connectivity index (χ0) is 31.8. The summed E-state index contributed by atoms with van der Waals surface area (Å²) >= 11 is 0. The third-order valence-electron chi connectivity index (χ3n) is 9.52. The van der Waals surface area contributed by atoms with E-state index in [2.05, 4.69) is 11.8 Å². The van der Waals surface area contributed by atoms with Crippen LogP contribution in [0.25, 0.3) is 5.76 Å². The number of rotatable bonds is 3. The summed E-state index contributed by atoms with van der Waals surface area (Å²) in [7, 11) is 0. The number of carbonyl (C=O) groups excluding carboxylic acids is 4. The topological polar surface area (TPSA) is 149 Å². The van der Waals surface area contributed by atoms with Crippen LogP contribution >= 0.6 is 0 Å². The van der Waals surface area contributed by atoms with Crippen LogP contribution in [-0.4, -0.2) is 49.2 Å². The fraction of sp³-hybridized carbons (Fsp3) is 0.371. The molecule has 0 heterocycles. The maximum absolute atomic E-state index is 14.4. The Bertz CT molecular complexity index is 1760. The lowest BCUT2D eigenvalue weighted by molar-refractivity contribution is -0.178. The first kappa shape index (κ1) is 30.0. The summed E-state index contributed by atoms with van der Waals surface area (Å²) in [5.41, 5.74) is -3.94. The van der Waals surface area contributed by atoms with Crippen molar-refractivity contribution in [3.63, 3.8) is 0 Å². The molecule has 0 aliphatic heterocycles. The third kappa shape index (κ3) is 4.09. The maximum atomic E-state index is 14.4. The molecule has 1 unspecified atom stereocenters. The molecule has 0 saturated heterocycles. The van der Waals surface area contributed by atoms with Crippen molar-refractivity contribution in [3.8, 4) is 17.6 Å². The number of aliphatic hydroxyl groups excluding tert-OH is 2. The summed E-state index contributed by atoms with van der Waals surface area (Å²) in [6.07, 6.45) is 0.129. The van der Waals surface area contributed by atoms with Gasteiger partial charge >= 0.3 is 0 Å². The first-order valence-corrected chi connectivity index (χ1v) is 14.2. The molecule has 8 heteroatoms. The van der Waals surface area contributed by atoms with Crippen molar-refractivity contribution in [1.29, 1.82) is 0 Å². The van der Waals surface area contributed by atoms with Crippen molar-refractivity contribution in [1.82, 2.24) is 0 Å². The molecule has 4 N–H and O–H groups in total. The molecule has 43 heavy (non-hydrogen) atoms. The number of allylic oxidation sites excluding steroid dienone is 1. The van der Waals surface area contributed by atoms with Crippen molar-refractivity contribution in [2.45, 2.75) is 60.0 Å². The lowest BCUT2D eigenvalue weighted by Gasteiger charge is -2.59. The van der Waals surface area contributed by atoms with Gasteiger partial charge in [-0.25, -0.2) is 0 Å². The van der Waals surface area contributed by atoms with Crippen molar-refractivity contribution in [3.05, 3.63) is 81.1 Å². The molecule has 0 radical (unpaired) electrons. The van der Waals surface area contributed by atoms with Crippen molar-refractivity contribution in [2.24, 2.45) is 22.7 Å². The van der Waals surface area contributed by atoms with Gasteiger partial charge in [0.15, 0.2) is 23.0 Å². The van der Waals surface area contributed by atoms with Gasteiger partial charge in [0.25, 0.3) is 0 Å². The Morgan fingerprint density at radius 3 is 2.12 bits per heavy atom. The molecule has 2 aromatic rings. The highest BCUT2D eigenvalue weighted by Crippen LogP contribution is 2.65. The number of carbonyl (C=O) groups is 4. The molecule has 3 aliphatic rings. The molecule has 5 rings (SSSR count). The smallest absolute Gasteiger partial charge is 0.203 e. The highest BCUT2D eigenvalue weighted by atomic mass is 16.3. The van der Waals surface area contributed by atoms with E-state index >= 15 is 0 Å². The lowest BCUT2D eigenvalue weighted by atomic mass is 9.43. The second-order valence-electron chi connectivity index (χ2n) is 12.8. The van der Waals surface area contributed by atoms with Crippen LogP contribution in [0.2, 0.25) is 0 Å². The standard InChI is InChI=1S/C35H34O8/c1-17(2)27-29(39)25(19(4)37)31(41)35(43)32(42)28-30(40)26-23(15-33(28,5)16-34(27,35)6)22(13-14-24(26)38)12-9-20-7-10-21(11-8-20)18(3)36/h7-8,10-11,13-14,17,27,38,40-41,43H,15-16H2,1-6H3/t27?,33-,34-,35+/m1/s1. The molecule has 0 aromatic heterocycles. The van der Waals surface area contributed by atoms with E-state index in [1.807, 2.05) is 0 Å². The molecular weight excluding hydrogens is 548 g/mol. The van der Waals surface area contributed by atoms with Crippen LogP contribution in [-0.2, 0) is 20.8 Å². The summed E-state index contributed by atoms with van der Waals surface area (Å²) in [6, 6.07) is 9.76. The number of phenols is 1. The van der Waals surface area contributed by atoms with Crippen molar-refractivity contribution in [2.75, 3.05) is 0 Å². The zero-order valence-corrected chi connectivity index (χ0v) is 25.0. The summed E-state index contributed by atoms with van der Waals surface area (Å²) in [5.74, 6) is 0.426. The van der Waals surface area contributed by atoms with Gasteiger partial charge in [0.05, 0.1) is 5.56 Å². The molecule has 0 amide bonds. The SMILES string of the molecule is CC(=O)C1=C(O)[C@]2(O)C(=O)C3=C(O)c4c(O)ccc(C#Cc5ccc(C(C)=O)cc5)c4C[C@]3(C)C[C@]2(C)C(C(C)C)C1=O. The Kier molecular flexibility index (Phi) is 6.82. The second kappa shape index (κ2) is 9.78. The Morgan fingerprint density at radius 2 is 1.56 bits per heavy atom. The Morgan fingerprint density at radius 1 is 0.930 bits per heavy atom. The van der Waals surface area contributed by atoms with E-state index in [1.165, 1.54) is 13.0 Å². The molecular formula is C35H34O8. The Balaban J connectivity index is 1.72. The van der Waals surface area contributed by atoms with Crippen LogP contribution in [0, 0.1) is 34.5 Å². The van der Waals surface area contributed by atoms with Gasteiger partial charge in [-0.2, -0.15) is 0 Å². The Labute approximate surface area is 249 Å². The van der Waals surface area contributed by atoms with Crippen LogP contribution in [0.3, 0.4) is 0 Å². The van der Waals surface area contributed by atoms with E-state index in [9.17, 15) is 39.6 Å². The fourth-order valence-electron chi connectivity index (χ4n) is 7.76. The van der Waals surface area contributed by atoms with E-state index in [4.69, 9.17) is 0 Å². The molecule has 1 saturated carbocycles. The highest BCUT2D eigenvalue weighted by Gasteiger charge is 2.72. The highest BCUT2D eigenvalue weighted by molar-refractivity contribution is 6.24. The van der Waals surface area contributed by atoms with Crippen LogP contribution < -0.4 is 0 Å². The average Bonchev–Trinajstić information content (AvgIpc) is 2.90. The number of aliphatic hydroxyl groups is 3. The van der Waals surface area contributed by atoms with E-state index in [0.717, 1.165) is 6.92 Å². The van der Waals surface area contributed by atoms with Gasteiger partial charge in [0.1, 0.15) is 22.8 Å². The predicted octanol–water partition coefficient (Wildman–Crippen LogP) is 4.79. The molecule has 1 fully saturated rings. The molecule has 3 aliphatic carbocycles. The second-order valence-corrected chi connectivity index (χ2v) is 12.8. The van der Waals surface area contributed by atoms with Gasteiger partial charge < -0.3 is 20.4 Å². The summed E-state index contributed by atoms with van der Waals surface area (Å²) in [4.78, 5) is 52.1. The maximum Gasteiger partial charge on any atom is 0.203 e. The summed E-state index contributed by atoms with van der Waals surface area (Å²) < 4.78 is 0. The molecule has 2 aromatic carbocycles. The van der Waals surface area contributed by atoms with Gasteiger partial charge in [0, 0.05) is 39.0 Å². The molecule has 8 nitrogen and oxygen atoms in total. The normalized spacial score (nSPS) is 28.1. The van der Waals surface area contributed by atoms with E-state index in [0.29, 0.717) is 22.3 Å². The average molecular weight is 583 g/mol. The van der Waals surface area contributed by atoms with Gasteiger partial charge in [-0.1, -0.05) is 51.7 Å². The van der Waals surface area contributed by atoms with Gasteiger partial charge in [-0.3, -0.25) is 19.2 Å². The molecule has 222 valence electrons. The van der Waals surface area contributed by atoms with Crippen LogP contribution in [0.15, 0.2) is 53.3 Å². The molecule has 0 bridgehead atoms. The number of hydrogen-bond acceptors (Lipinski definition) is 8. The minimum atomic E-state index is -2.66. The Hall–Kier alpha value is -4.48. The number of ketones is 4. The van der Waals surface area contributed by atoms with E-state index < -0.39 is 62.7 Å². The van der Waals surface area contributed by atoms with E-state index in [-0.39, 0.29) is 35.5 Å². The predicted molar refractivity (Wildman–Crippen MR) is 158 cm³/mol. The largest absolute Gasteiger partial charge is 0.508 e. The van der Waals surface area contributed by atoms with Gasteiger partial charge in [0.2, 0.25) is 5.78 Å². The number of fused-ring (bicyclic) bond motifs is 3. The zero-order valence-electron chi connectivity index (χ0n) is 25.0. The van der Waals surface area contributed by atoms with Crippen molar-refractivity contribution >= 4 is 28.9 Å². The number of phenolic OH excluding ortho intramolecular Hbond substituents is 1. The quantitative estimate of drug-likeness (QED) is 0.229. The van der Waals surface area contributed by atoms with Crippen molar-refractivity contribution < 1.29 is 39.6 Å². The van der Waals surface area contributed by atoms with Gasteiger partial charge in [-0.15, -0.1) is 0 Å². The first-order chi connectivity index (χ1) is 20.0. The van der Waals surface area contributed by atoms with Crippen LogP contribution in [0.1, 0.15) is 80.6 Å². The van der Waals surface area contributed by atoms with Gasteiger partial charge in [-0.05, 0) is 62.4 Å². The fourth-order valence-corrected chi connectivity index (χ4v) is 7.76. The molecule has 0 spiro atoms. The number of Topliss-reactive ketones (excluding diaryl/α,β-unsaturated/α-hetero) is 4. The number of hydrogen-bond donors (Lipinski definition) is 4. The summed E-state index contributed by atoms with van der Waals surface area (Å²) in [5, 5.41) is 45.9. The lowest BCUT2D eigenvalue weighted by Crippen LogP contribution is -2.69. The third-order valence-corrected chi connectivity index (χ3v) is 9.52. The minimum Gasteiger partial charge on any atom is -0.508 e. The van der Waals surface area contributed by atoms with Crippen LogP contribution in [0.5, 0.6) is 5.75 Å². The van der Waals surface area contributed by atoms with Crippen LogP contribution in [0.4, 0.5) is 0 Å².